The number of hydrogen-bond acceptors (Lipinski definition) is 5. The number of nitrogens with zero attached hydrogens (tertiary/aromatic N) is 3. The second-order valence-corrected chi connectivity index (χ2v) is 11.0. The molecule has 0 saturated heterocycles. The average molecular weight is 600 g/mol. The first-order valence-electron chi connectivity index (χ1n) is 14.6. The van der Waals surface area contributed by atoms with Gasteiger partial charge >= 0.3 is 12.3 Å². The van der Waals surface area contributed by atoms with Crippen molar-refractivity contribution in [3.05, 3.63) is 113 Å². The molecule has 0 aliphatic heterocycles. The first-order chi connectivity index (χ1) is 21.2. The molecule has 44 heavy (non-hydrogen) atoms. The van der Waals surface area contributed by atoms with Crippen LogP contribution in [0.2, 0.25) is 0 Å². The van der Waals surface area contributed by atoms with Crippen molar-refractivity contribution in [2.75, 3.05) is 0 Å². The van der Waals surface area contributed by atoms with Crippen LogP contribution in [0.1, 0.15) is 66.2 Å². The molecular weight excluding hydrogens is 567 g/mol. The number of fused-ring (bicyclic) bond motifs is 1. The lowest BCUT2D eigenvalue weighted by atomic mass is 9.88. The molecular formula is C35H32F3N3O3. The Morgan fingerprint density at radius 3 is 2.34 bits per heavy atom. The number of halogens is 3. The van der Waals surface area contributed by atoms with E-state index in [0.717, 1.165) is 75.5 Å². The highest BCUT2D eigenvalue weighted by Gasteiger charge is 2.30. The van der Waals surface area contributed by atoms with Crippen LogP contribution in [-0.4, -0.2) is 20.7 Å². The molecule has 0 spiro atoms. The quantitative estimate of drug-likeness (QED) is 0.188. The lowest BCUT2D eigenvalue weighted by Crippen LogP contribution is -2.13. The molecule has 2 aromatic heterocycles. The third kappa shape index (κ3) is 7.41. The largest absolute Gasteiger partial charge is 0.487 e. The number of ether oxygens (including phenoxy) is 1. The predicted octanol–water partition coefficient (Wildman–Crippen LogP) is 8.52. The average Bonchev–Trinajstić information content (AvgIpc) is 3.39. The van der Waals surface area contributed by atoms with Crippen LogP contribution in [0.4, 0.5) is 13.2 Å². The number of alkyl halides is 3. The second kappa shape index (κ2) is 13.7. The third-order valence-electron chi connectivity index (χ3n) is 7.89. The molecule has 0 bridgehead atoms. The second-order valence-electron chi connectivity index (χ2n) is 11.0. The van der Waals surface area contributed by atoms with Crippen LogP contribution in [-0.2, 0) is 28.9 Å². The Morgan fingerprint density at radius 2 is 1.66 bits per heavy atom. The Kier molecular flexibility index (Phi) is 9.56. The number of aryl methyl sites for hydroxylation is 1. The van der Waals surface area contributed by atoms with Gasteiger partial charge in [0.15, 0.2) is 0 Å². The first kappa shape index (κ1) is 30.7. The summed E-state index contributed by atoms with van der Waals surface area (Å²) < 4.78 is 47.6. The van der Waals surface area contributed by atoms with Gasteiger partial charge in [0.1, 0.15) is 18.2 Å². The number of rotatable bonds is 7. The number of carbonyl (C=O) groups excluding carboxylic acids is 2. The van der Waals surface area contributed by atoms with Crippen molar-refractivity contribution in [2.24, 2.45) is 0 Å². The molecule has 226 valence electrons. The number of imidazole rings is 1. The van der Waals surface area contributed by atoms with Crippen molar-refractivity contribution in [2.45, 2.75) is 64.3 Å². The van der Waals surface area contributed by atoms with E-state index in [0.29, 0.717) is 19.1 Å². The maximum absolute atomic E-state index is 13.1. The number of pyridine rings is 1. The fourth-order valence-electron chi connectivity index (χ4n) is 5.67. The lowest BCUT2D eigenvalue weighted by Gasteiger charge is -2.22. The van der Waals surface area contributed by atoms with Gasteiger partial charge in [-0.1, -0.05) is 55.7 Å². The van der Waals surface area contributed by atoms with Gasteiger partial charge in [-0.2, -0.15) is 22.8 Å². The van der Waals surface area contributed by atoms with Crippen molar-refractivity contribution in [3.63, 3.8) is 0 Å². The number of aromatic nitrogens is 3. The molecule has 1 saturated carbocycles. The maximum atomic E-state index is 13.1. The van der Waals surface area contributed by atoms with Gasteiger partial charge in [-0.25, -0.2) is 4.98 Å². The zero-order valence-corrected chi connectivity index (χ0v) is 24.3. The summed E-state index contributed by atoms with van der Waals surface area (Å²) in [6.45, 7) is 3.00. The molecule has 6 rings (SSSR count). The summed E-state index contributed by atoms with van der Waals surface area (Å²) in [6.07, 6.45) is 3.65. The van der Waals surface area contributed by atoms with Gasteiger partial charge < -0.3 is 9.30 Å². The van der Waals surface area contributed by atoms with Gasteiger partial charge in [-0.15, -0.1) is 0 Å². The van der Waals surface area contributed by atoms with Crippen LogP contribution in [0.3, 0.4) is 0 Å². The summed E-state index contributed by atoms with van der Waals surface area (Å²) in [5.41, 5.74) is 5.98. The van der Waals surface area contributed by atoms with Crippen LogP contribution >= 0.6 is 0 Å². The van der Waals surface area contributed by atoms with Crippen LogP contribution in [0.5, 0.6) is 5.75 Å². The Bertz CT molecular complexity index is 1730. The van der Waals surface area contributed by atoms with E-state index in [4.69, 9.17) is 19.3 Å². The fraction of sp³-hybridized carbons (Fsp3) is 0.286. The zero-order chi connectivity index (χ0) is 31.1. The number of benzene rings is 3. The molecule has 0 N–H and O–H groups in total. The fourth-order valence-corrected chi connectivity index (χ4v) is 5.67. The van der Waals surface area contributed by atoms with E-state index in [9.17, 15) is 13.2 Å². The van der Waals surface area contributed by atoms with E-state index in [1.54, 1.807) is 0 Å². The molecule has 0 atom stereocenters. The number of hydrogen-bond donors (Lipinski definition) is 0. The minimum Gasteiger partial charge on any atom is -0.487 e. The minimum absolute atomic E-state index is 0.250. The highest BCUT2D eigenvalue weighted by molar-refractivity contribution is 5.78. The van der Waals surface area contributed by atoms with Crippen LogP contribution in [0.25, 0.3) is 22.2 Å². The summed E-state index contributed by atoms with van der Waals surface area (Å²) in [5, 5.41) is 0. The molecule has 1 aliphatic carbocycles. The van der Waals surface area contributed by atoms with Gasteiger partial charge in [-0.3, -0.25) is 4.98 Å². The molecule has 0 radical (unpaired) electrons. The minimum atomic E-state index is -4.35. The molecule has 5 aromatic rings. The molecule has 1 aliphatic rings. The lowest BCUT2D eigenvalue weighted by molar-refractivity contribution is -0.191. The van der Waals surface area contributed by atoms with Crippen LogP contribution < -0.4 is 4.74 Å². The molecule has 0 amide bonds. The van der Waals surface area contributed by atoms with Gasteiger partial charge in [0.2, 0.25) is 0 Å². The van der Waals surface area contributed by atoms with E-state index >= 15 is 0 Å². The standard InChI is InChI=1S/C34H32F3N3O.CO2/c1-23-10-15-29(38-20-23)22-41-30-16-17-31-32(19-30)40(33(39-31)26-7-3-2-4-8-26)21-24-6-5-9-27(18-24)25-11-13-28(14-12-25)34(35,36)37;2-1-3/h5-6,9-20,26H,2-4,7-8,21-22H2,1H3;. The Labute approximate surface area is 253 Å². The van der Waals surface area contributed by atoms with Crippen molar-refractivity contribution < 1.29 is 27.5 Å². The first-order valence-corrected chi connectivity index (χ1v) is 14.6. The Hall–Kier alpha value is -4.75. The third-order valence-corrected chi connectivity index (χ3v) is 7.89. The molecule has 9 heteroatoms. The Balaban J connectivity index is 0.00000123. The topological polar surface area (TPSA) is 74.1 Å². The van der Waals surface area contributed by atoms with E-state index in [1.165, 1.54) is 31.4 Å². The van der Waals surface area contributed by atoms with E-state index in [2.05, 4.69) is 27.8 Å². The van der Waals surface area contributed by atoms with Crippen molar-refractivity contribution in [3.8, 4) is 16.9 Å². The monoisotopic (exact) mass is 599 g/mol. The van der Waals surface area contributed by atoms with Crippen molar-refractivity contribution >= 4 is 17.2 Å². The van der Waals surface area contributed by atoms with Crippen molar-refractivity contribution in [1.29, 1.82) is 0 Å². The normalized spacial score (nSPS) is 13.6. The molecule has 2 heterocycles. The summed E-state index contributed by atoms with van der Waals surface area (Å²) >= 11 is 0. The van der Waals surface area contributed by atoms with E-state index in [-0.39, 0.29) is 6.15 Å². The predicted molar refractivity (Wildman–Crippen MR) is 160 cm³/mol. The highest BCUT2D eigenvalue weighted by atomic mass is 19.4. The van der Waals surface area contributed by atoms with Crippen LogP contribution in [0, 0.1) is 6.92 Å². The smallest absolute Gasteiger partial charge is 0.416 e. The summed E-state index contributed by atoms with van der Waals surface area (Å²) in [7, 11) is 0. The highest BCUT2D eigenvalue weighted by Crippen LogP contribution is 2.36. The molecule has 3 aromatic carbocycles. The summed E-state index contributed by atoms with van der Waals surface area (Å²) in [5.74, 6) is 2.25. The van der Waals surface area contributed by atoms with Crippen molar-refractivity contribution in [1.82, 2.24) is 14.5 Å². The van der Waals surface area contributed by atoms with Gasteiger partial charge in [0.25, 0.3) is 0 Å². The maximum Gasteiger partial charge on any atom is 0.416 e. The molecule has 6 nitrogen and oxygen atoms in total. The van der Waals surface area contributed by atoms with E-state index < -0.39 is 11.7 Å². The van der Waals surface area contributed by atoms with E-state index in [1.807, 2.05) is 49.5 Å². The van der Waals surface area contributed by atoms with Gasteiger partial charge in [-0.05, 0) is 78.4 Å². The van der Waals surface area contributed by atoms with Gasteiger partial charge in [0.05, 0.1) is 22.3 Å². The van der Waals surface area contributed by atoms with Gasteiger partial charge in [0, 0.05) is 24.7 Å². The SMILES string of the molecule is Cc1ccc(COc2ccc3nc(C4CCCCC4)n(Cc4cccc(-c5ccc(C(F)(F)F)cc5)c4)c3c2)nc1.O=C=O. The Morgan fingerprint density at radius 1 is 0.909 bits per heavy atom. The summed E-state index contributed by atoms with van der Waals surface area (Å²) in [4.78, 5) is 25.8. The zero-order valence-electron chi connectivity index (χ0n) is 24.3. The molecule has 0 unspecified atom stereocenters. The van der Waals surface area contributed by atoms with Crippen LogP contribution in [0.15, 0.2) is 85.1 Å². The summed E-state index contributed by atoms with van der Waals surface area (Å²) in [6, 6.07) is 23.4. The molecule has 1 fully saturated rings.